The van der Waals surface area contributed by atoms with Crippen LogP contribution in [-0.2, 0) is 23.8 Å². The monoisotopic (exact) mass is 313 g/mol. The van der Waals surface area contributed by atoms with Crippen molar-refractivity contribution in [1.29, 1.82) is 0 Å². The smallest absolute Gasteiger partial charge is 0.241 e. The number of benzene rings is 1. The molecule has 118 valence electrons. The lowest BCUT2D eigenvalue weighted by molar-refractivity contribution is -0.180. The third-order valence-corrected chi connectivity index (χ3v) is 5.08. The van der Waals surface area contributed by atoms with Crippen molar-refractivity contribution < 1.29 is 23.8 Å². The van der Waals surface area contributed by atoms with Crippen LogP contribution in [0.15, 0.2) is 42.5 Å². The van der Waals surface area contributed by atoms with Crippen LogP contribution >= 0.6 is 0 Å². The van der Waals surface area contributed by atoms with Gasteiger partial charge in [0.15, 0.2) is 11.9 Å². The molecule has 4 heterocycles. The molecule has 6 nitrogen and oxygen atoms in total. The van der Waals surface area contributed by atoms with Crippen LogP contribution in [0.4, 0.5) is 5.69 Å². The highest BCUT2D eigenvalue weighted by molar-refractivity contribution is 6.23. The second kappa shape index (κ2) is 4.50. The number of hydrogen-bond donors (Lipinski definition) is 0. The van der Waals surface area contributed by atoms with Crippen LogP contribution in [0.1, 0.15) is 0 Å². The second-order valence-electron chi connectivity index (χ2n) is 6.22. The number of carbonyl (C=O) groups is 2. The molecule has 6 heteroatoms. The molecular weight excluding hydrogens is 298 g/mol. The lowest BCUT2D eigenvalue weighted by Crippen LogP contribution is -2.49. The number of rotatable bonds is 2. The second-order valence-corrected chi connectivity index (χ2v) is 6.22. The van der Waals surface area contributed by atoms with Crippen LogP contribution in [0, 0.1) is 11.8 Å². The van der Waals surface area contributed by atoms with Crippen molar-refractivity contribution in [3.63, 3.8) is 0 Å². The van der Waals surface area contributed by atoms with Crippen LogP contribution in [-0.4, -0.2) is 43.0 Å². The predicted octanol–water partition coefficient (Wildman–Crippen LogP) is 0.872. The van der Waals surface area contributed by atoms with Crippen molar-refractivity contribution in [3.05, 3.63) is 42.5 Å². The summed E-state index contributed by atoms with van der Waals surface area (Å²) in [7, 11) is 0. The molecule has 0 aliphatic carbocycles. The normalized spacial score (nSPS) is 38.8. The van der Waals surface area contributed by atoms with Crippen molar-refractivity contribution in [2.45, 2.75) is 18.0 Å². The van der Waals surface area contributed by atoms with Crippen LogP contribution in [0.5, 0.6) is 0 Å². The zero-order valence-corrected chi connectivity index (χ0v) is 12.3. The van der Waals surface area contributed by atoms with Crippen LogP contribution in [0.25, 0.3) is 0 Å². The summed E-state index contributed by atoms with van der Waals surface area (Å²) in [5.41, 5.74) is -0.387. The van der Waals surface area contributed by atoms with Crippen molar-refractivity contribution in [2.24, 2.45) is 11.8 Å². The Kier molecular flexibility index (Phi) is 2.63. The maximum absolute atomic E-state index is 13.0. The molecular formula is C17H15NO5. The molecule has 3 fully saturated rings. The Balaban J connectivity index is 1.58. The predicted molar refractivity (Wildman–Crippen MR) is 78.4 cm³/mol. The van der Waals surface area contributed by atoms with E-state index in [0.29, 0.717) is 18.9 Å². The van der Waals surface area contributed by atoms with E-state index < -0.39 is 29.8 Å². The van der Waals surface area contributed by atoms with Gasteiger partial charge in [0.25, 0.3) is 0 Å². The number of para-hydroxylation sites is 1. The zero-order chi connectivity index (χ0) is 15.6. The Morgan fingerprint density at radius 2 is 1.78 bits per heavy atom. The molecule has 0 radical (unpaired) electrons. The fourth-order valence-corrected chi connectivity index (χ4v) is 4.16. The first-order valence-electron chi connectivity index (χ1n) is 7.76. The van der Waals surface area contributed by atoms with Crippen molar-refractivity contribution in [3.8, 4) is 0 Å². The molecule has 2 bridgehead atoms. The summed E-state index contributed by atoms with van der Waals surface area (Å²) in [5.74, 6) is -1.54. The Morgan fingerprint density at radius 1 is 1.04 bits per heavy atom. The van der Waals surface area contributed by atoms with E-state index in [-0.39, 0.29) is 11.8 Å². The van der Waals surface area contributed by atoms with Crippen molar-refractivity contribution in [1.82, 2.24) is 0 Å². The largest absolute Gasteiger partial charge is 0.357 e. The SMILES string of the molecule is O=C1[C@@H]2[C@H]3C=C[C@@](C4OCCO4)(O3)[C@H]2C(=O)N1c1ccccc1. The molecule has 1 aromatic carbocycles. The minimum absolute atomic E-state index is 0.208. The van der Waals surface area contributed by atoms with Crippen molar-refractivity contribution in [2.75, 3.05) is 18.1 Å². The van der Waals surface area contributed by atoms with Crippen LogP contribution in [0.2, 0.25) is 0 Å². The van der Waals surface area contributed by atoms with Gasteiger partial charge in [0.2, 0.25) is 11.8 Å². The van der Waals surface area contributed by atoms with Gasteiger partial charge >= 0.3 is 0 Å². The van der Waals surface area contributed by atoms with Gasteiger partial charge in [-0.2, -0.15) is 0 Å². The van der Waals surface area contributed by atoms with Gasteiger partial charge in [0.1, 0.15) is 0 Å². The molecule has 1 aromatic rings. The van der Waals surface area contributed by atoms with Gasteiger partial charge in [-0.1, -0.05) is 24.3 Å². The maximum atomic E-state index is 13.0. The Labute approximate surface area is 132 Å². The maximum Gasteiger partial charge on any atom is 0.241 e. The summed E-state index contributed by atoms with van der Waals surface area (Å²) in [4.78, 5) is 27.2. The first-order chi connectivity index (χ1) is 11.2. The number of anilines is 1. The topological polar surface area (TPSA) is 65.1 Å². The number of amides is 2. The molecule has 5 rings (SSSR count). The molecule has 3 saturated heterocycles. The standard InChI is InChI=1S/C17H15NO5/c19-14-12-11-6-7-17(23-11,16-21-8-9-22-16)13(12)15(20)18(14)10-4-2-1-3-5-10/h1-7,11-13,16H,8-9H2/t11-,12-,13-,17-/m1/s1. The van der Waals surface area contributed by atoms with E-state index in [1.165, 1.54) is 4.90 Å². The number of hydrogen-bond acceptors (Lipinski definition) is 5. The third kappa shape index (κ3) is 1.58. The van der Waals surface area contributed by atoms with Gasteiger partial charge in [-0.15, -0.1) is 0 Å². The van der Waals surface area contributed by atoms with E-state index in [4.69, 9.17) is 14.2 Å². The first kappa shape index (κ1) is 13.4. The van der Waals surface area contributed by atoms with E-state index in [1.54, 1.807) is 12.1 Å². The van der Waals surface area contributed by atoms with Crippen LogP contribution < -0.4 is 4.90 Å². The number of carbonyl (C=O) groups excluding carboxylic acids is 2. The quantitative estimate of drug-likeness (QED) is 0.599. The fourth-order valence-electron chi connectivity index (χ4n) is 4.16. The minimum atomic E-state index is -0.984. The van der Waals surface area contributed by atoms with E-state index in [2.05, 4.69) is 0 Å². The summed E-state index contributed by atoms with van der Waals surface area (Å²) in [6.07, 6.45) is 2.67. The fraction of sp³-hybridized carbons (Fsp3) is 0.412. The minimum Gasteiger partial charge on any atom is -0.357 e. The summed E-state index contributed by atoms with van der Waals surface area (Å²) in [6.45, 7) is 0.937. The van der Waals surface area contributed by atoms with E-state index in [0.717, 1.165) is 0 Å². The molecule has 0 saturated carbocycles. The van der Waals surface area contributed by atoms with Gasteiger partial charge in [0, 0.05) is 0 Å². The lowest BCUT2D eigenvalue weighted by Gasteiger charge is -2.32. The first-order valence-corrected chi connectivity index (χ1v) is 7.76. The molecule has 4 atom stereocenters. The van der Waals surface area contributed by atoms with Gasteiger partial charge in [-0.05, 0) is 18.2 Å². The number of fused-ring (bicyclic) bond motifs is 5. The number of ether oxygens (including phenoxy) is 3. The molecule has 4 aliphatic rings. The molecule has 23 heavy (non-hydrogen) atoms. The molecule has 4 aliphatic heterocycles. The van der Waals surface area contributed by atoms with Gasteiger partial charge < -0.3 is 14.2 Å². The summed E-state index contributed by atoms with van der Waals surface area (Å²) in [6, 6.07) is 9.01. The highest BCUT2D eigenvalue weighted by Gasteiger charge is 2.71. The highest BCUT2D eigenvalue weighted by Crippen LogP contribution is 2.55. The zero-order valence-electron chi connectivity index (χ0n) is 12.3. The van der Waals surface area contributed by atoms with Gasteiger partial charge in [-0.3, -0.25) is 9.59 Å². The average molecular weight is 313 g/mol. The van der Waals surface area contributed by atoms with Gasteiger partial charge in [-0.25, -0.2) is 4.90 Å². The Hall–Kier alpha value is -2.02. The summed E-state index contributed by atoms with van der Waals surface area (Å²) >= 11 is 0. The van der Waals surface area contributed by atoms with E-state index in [1.807, 2.05) is 30.4 Å². The number of imide groups is 1. The molecule has 0 spiro atoms. The molecule has 0 aromatic heterocycles. The summed E-state index contributed by atoms with van der Waals surface area (Å²) < 4.78 is 17.2. The van der Waals surface area contributed by atoms with E-state index in [9.17, 15) is 9.59 Å². The third-order valence-electron chi connectivity index (χ3n) is 5.08. The number of nitrogens with zero attached hydrogens (tertiary/aromatic N) is 1. The molecule has 0 N–H and O–H groups in total. The van der Waals surface area contributed by atoms with Crippen LogP contribution in [0.3, 0.4) is 0 Å². The lowest BCUT2D eigenvalue weighted by atomic mass is 9.76. The molecule has 0 unspecified atom stereocenters. The van der Waals surface area contributed by atoms with Gasteiger partial charge in [0.05, 0.1) is 36.8 Å². The molecule has 2 amide bonds. The average Bonchev–Trinajstić information content (AvgIpc) is 3.32. The highest BCUT2D eigenvalue weighted by atomic mass is 16.7. The van der Waals surface area contributed by atoms with Crippen molar-refractivity contribution >= 4 is 17.5 Å². The Bertz CT molecular complexity index is 711. The summed E-state index contributed by atoms with van der Waals surface area (Å²) in [5, 5.41) is 0. The Morgan fingerprint density at radius 3 is 2.52 bits per heavy atom. The van der Waals surface area contributed by atoms with E-state index >= 15 is 0 Å².